The lowest BCUT2D eigenvalue weighted by molar-refractivity contribution is -0.167. The summed E-state index contributed by atoms with van der Waals surface area (Å²) >= 11 is 0. The number of imide groups is 1. The summed E-state index contributed by atoms with van der Waals surface area (Å²) in [7, 11) is 0. The minimum absolute atomic E-state index is 0.0842. The Morgan fingerprint density at radius 1 is 1.08 bits per heavy atom. The van der Waals surface area contributed by atoms with Crippen molar-refractivity contribution in [1.29, 1.82) is 0 Å². The fourth-order valence-electron chi connectivity index (χ4n) is 2.70. The number of H-pyrrole nitrogens is 1. The molecule has 0 bridgehead atoms. The van der Waals surface area contributed by atoms with E-state index in [0.29, 0.717) is 16.3 Å². The molecular weight excluding hydrogens is 310 g/mol. The smallest absolute Gasteiger partial charge is 0.337 e. The number of fused-ring (bicyclic) bond motifs is 2. The SMILES string of the molecule is O=C(Cc1c[nH]c2ncccc12)ON1C(=O)c2ccccc2C1=O. The van der Waals surface area contributed by atoms with Crippen molar-refractivity contribution in [2.75, 3.05) is 0 Å². The van der Waals surface area contributed by atoms with Gasteiger partial charge in [-0.3, -0.25) is 9.59 Å². The maximum atomic E-state index is 12.2. The third-order valence-corrected chi connectivity index (χ3v) is 3.82. The van der Waals surface area contributed by atoms with Crippen LogP contribution in [0, 0.1) is 0 Å². The quantitative estimate of drug-likeness (QED) is 0.743. The lowest BCUT2D eigenvalue weighted by Gasteiger charge is -2.12. The molecule has 0 unspecified atom stereocenters. The van der Waals surface area contributed by atoms with Crippen molar-refractivity contribution in [2.45, 2.75) is 6.42 Å². The van der Waals surface area contributed by atoms with Gasteiger partial charge in [0.2, 0.25) is 0 Å². The van der Waals surface area contributed by atoms with E-state index in [1.165, 1.54) is 12.1 Å². The average molecular weight is 321 g/mol. The number of aromatic nitrogens is 2. The van der Waals surface area contributed by atoms with Gasteiger partial charge in [-0.25, -0.2) is 9.78 Å². The van der Waals surface area contributed by atoms with E-state index in [9.17, 15) is 14.4 Å². The van der Waals surface area contributed by atoms with E-state index in [0.717, 1.165) is 5.39 Å². The molecule has 7 heteroatoms. The Hall–Kier alpha value is -3.48. The van der Waals surface area contributed by atoms with Crippen LogP contribution in [-0.4, -0.2) is 32.8 Å². The topological polar surface area (TPSA) is 92.4 Å². The summed E-state index contributed by atoms with van der Waals surface area (Å²) in [6, 6.07) is 9.92. The third kappa shape index (κ3) is 2.14. The lowest BCUT2D eigenvalue weighted by Crippen LogP contribution is -2.33. The molecule has 4 rings (SSSR count). The molecule has 0 spiro atoms. The van der Waals surface area contributed by atoms with E-state index in [4.69, 9.17) is 4.84 Å². The van der Waals surface area contributed by atoms with Gasteiger partial charge in [0, 0.05) is 17.8 Å². The Labute approximate surface area is 135 Å². The van der Waals surface area contributed by atoms with Gasteiger partial charge in [0.05, 0.1) is 17.5 Å². The zero-order valence-electron chi connectivity index (χ0n) is 12.4. The summed E-state index contributed by atoms with van der Waals surface area (Å²) in [5.74, 6) is -1.97. The van der Waals surface area contributed by atoms with Crippen LogP contribution in [0.15, 0.2) is 48.8 Å². The monoisotopic (exact) mass is 321 g/mol. The number of aromatic amines is 1. The maximum absolute atomic E-state index is 12.2. The highest BCUT2D eigenvalue weighted by atomic mass is 16.7. The molecule has 0 fully saturated rings. The van der Waals surface area contributed by atoms with Crippen LogP contribution in [0.3, 0.4) is 0 Å². The second-order valence-corrected chi connectivity index (χ2v) is 5.30. The van der Waals surface area contributed by atoms with Gasteiger partial charge >= 0.3 is 5.97 Å². The number of hydrogen-bond acceptors (Lipinski definition) is 5. The van der Waals surface area contributed by atoms with E-state index in [1.807, 2.05) is 6.07 Å². The van der Waals surface area contributed by atoms with Gasteiger partial charge in [-0.2, -0.15) is 0 Å². The molecule has 7 nitrogen and oxygen atoms in total. The number of hydrogen-bond donors (Lipinski definition) is 1. The number of pyridine rings is 1. The number of rotatable bonds is 3. The predicted octanol–water partition coefficient (Wildman–Crippen LogP) is 1.86. The van der Waals surface area contributed by atoms with Crippen molar-refractivity contribution in [1.82, 2.24) is 15.0 Å². The minimum Gasteiger partial charge on any atom is -0.346 e. The number of carbonyl (C=O) groups is 3. The van der Waals surface area contributed by atoms with Crippen LogP contribution in [0.2, 0.25) is 0 Å². The van der Waals surface area contributed by atoms with Crippen molar-refractivity contribution >= 4 is 28.8 Å². The first-order valence-electron chi connectivity index (χ1n) is 7.25. The molecule has 24 heavy (non-hydrogen) atoms. The van der Waals surface area contributed by atoms with E-state index >= 15 is 0 Å². The summed E-state index contributed by atoms with van der Waals surface area (Å²) in [4.78, 5) is 48.6. The number of amides is 2. The molecule has 2 amide bonds. The Kier molecular flexibility index (Phi) is 3.13. The van der Waals surface area contributed by atoms with Gasteiger partial charge in [-0.1, -0.05) is 17.2 Å². The highest BCUT2D eigenvalue weighted by Gasteiger charge is 2.38. The number of nitrogens with one attached hydrogen (secondary N) is 1. The van der Waals surface area contributed by atoms with Crippen LogP contribution in [0.4, 0.5) is 0 Å². The second kappa shape index (κ2) is 5.31. The molecule has 0 atom stereocenters. The summed E-state index contributed by atoms with van der Waals surface area (Å²) in [6.07, 6.45) is 3.21. The summed E-state index contributed by atoms with van der Waals surface area (Å²) in [6.45, 7) is 0. The second-order valence-electron chi connectivity index (χ2n) is 5.30. The van der Waals surface area contributed by atoms with Crippen molar-refractivity contribution in [3.05, 3.63) is 65.5 Å². The molecular formula is C17H11N3O4. The zero-order valence-corrected chi connectivity index (χ0v) is 12.4. The van der Waals surface area contributed by atoms with Crippen molar-refractivity contribution in [2.24, 2.45) is 0 Å². The molecule has 1 N–H and O–H groups in total. The molecule has 2 aromatic heterocycles. The van der Waals surface area contributed by atoms with Crippen LogP contribution in [0.1, 0.15) is 26.3 Å². The summed E-state index contributed by atoms with van der Waals surface area (Å²) in [5, 5.41) is 1.30. The van der Waals surface area contributed by atoms with Crippen molar-refractivity contribution in [3.8, 4) is 0 Å². The van der Waals surface area contributed by atoms with Gasteiger partial charge in [0.1, 0.15) is 5.65 Å². The molecule has 1 aliphatic rings. The molecule has 0 radical (unpaired) electrons. The number of carbonyl (C=O) groups excluding carboxylic acids is 3. The molecule has 3 aromatic rings. The van der Waals surface area contributed by atoms with Crippen molar-refractivity contribution < 1.29 is 19.2 Å². The molecule has 3 heterocycles. The summed E-state index contributed by atoms with van der Waals surface area (Å²) in [5.41, 5.74) is 1.79. The molecule has 1 aromatic carbocycles. The maximum Gasteiger partial charge on any atom is 0.337 e. The van der Waals surface area contributed by atoms with Crippen LogP contribution >= 0.6 is 0 Å². The minimum atomic E-state index is -0.700. The number of benzene rings is 1. The van der Waals surface area contributed by atoms with Gasteiger partial charge in [0.15, 0.2) is 0 Å². The lowest BCUT2D eigenvalue weighted by atomic mass is 10.1. The first kappa shape index (κ1) is 14.1. The zero-order chi connectivity index (χ0) is 16.7. The van der Waals surface area contributed by atoms with Crippen LogP contribution in [-0.2, 0) is 16.1 Å². The predicted molar refractivity (Wildman–Crippen MR) is 82.8 cm³/mol. The van der Waals surface area contributed by atoms with Crippen molar-refractivity contribution in [3.63, 3.8) is 0 Å². The van der Waals surface area contributed by atoms with E-state index in [-0.39, 0.29) is 17.5 Å². The third-order valence-electron chi connectivity index (χ3n) is 3.82. The van der Waals surface area contributed by atoms with Crippen LogP contribution in [0.5, 0.6) is 0 Å². The fraction of sp³-hybridized carbons (Fsp3) is 0.0588. The largest absolute Gasteiger partial charge is 0.346 e. The van der Waals surface area contributed by atoms with Gasteiger partial charge in [0.25, 0.3) is 11.8 Å². The van der Waals surface area contributed by atoms with E-state index in [2.05, 4.69) is 9.97 Å². The van der Waals surface area contributed by atoms with Crippen LogP contribution in [0.25, 0.3) is 11.0 Å². The van der Waals surface area contributed by atoms with Gasteiger partial charge < -0.3 is 9.82 Å². The van der Waals surface area contributed by atoms with Gasteiger partial charge in [-0.15, -0.1) is 0 Å². The van der Waals surface area contributed by atoms with E-state index < -0.39 is 17.8 Å². The Balaban J connectivity index is 1.53. The molecule has 0 saturated carbocycles. The molecule has 118 valence electrons. The Bertz CT molecular complexity index is 957. The number of hydroxylamine groups is 2. The standard InChI is InChI=1S/C17H11N3O4/c21-14(8-10-9-19-15-11(10)6-3-7-18-15)24-20-16(22)12-4-1-2-5-13(12)17(20)23/h1-7,9H,8H2,(H,18,19). The first-order valence-corrected chi connectivity index (χ1v) is 7.25. The fourth-order valence-corrected chi connectivity index (χ4v) is 2.70. The molecule has 1 aliphatic heterocycles. The average Bonchev–Trinajstić information content (AvgIpc) is 3.11. The molecule has 0 aliphatic carbocycles. The Morgan fingerprint density at radius 3 is 2.50 bits per heavy atom. The highest BCUT2D eigenvalue weighted by Crippen LogP contribution is 2.23. The Morgan fingerprint density at radius 2 is 1.79 bits per heavy atom. The van der Waals surface area contributed by atoms with E-state index in [1.54, 1.807) is 30.6 Å². The van der Waals surface area contributed by atoms with Crippen LogP contribution < -0.4 is 0 Å². The number of nitrogens with zero attached hydrogens (tertiary/aromatic N) is 2. The van der Waals surface area contributed by atoms with Gasteiger partial charge in [-0.05, 0) is 29.8 Å². The highest BCUT2D eigenvalue weighted by molar-refractivity contribution is 6.20. The summed E-state index contributed by atoms with van der Waals surface area (Å²) < 4.78 is 0. The first-order chi connectivity index (χ1) is 11.6. The normalized spacial score (nSPS) is 13.4. The molecule has 0 saturated heterocycles.